The van der Waals surface area contributed by atoms with Gasteiger partial charge in [-0.2, -0.15) is 0 Å². The van der Waals surface area contributed by atoms with Crippen molar-refractivity contribution in [2.45, 2.75) is 111 Å². The van der Waals surface area contributed by atoms with Gasteiger partial charge in [0.1, 0.15) is 11.5 Å². The van der Waals surface area contributed by atoms with Crippen molar-refractivity contribution in [2.24, 2.45) is 0 Å². The fraction of sp³-hybridized carbons (Fsp3) is 0.455. The van der Waals surface area contributed by atoms with Crippen LogP contribution >= 0.6 is 7.92 Å². The van der Waals surface area contributed by atoms with Crippen LogP contribution in [0.1, 0.15) is 118 Å². The Kier molecular flexibility index (Phi) is 18.5. The number of nitrogens with two attached hydrogens (primary N) is 1. The van der Waals surface area contributed by atoms with Crippen molar-refractivity contribution >= 4 is 29.0 Å². The second-order valence-corrected chi connectivity index (χ2v) is 21.3. The SMILES string of the molecule is COc1ccc(OC)c(P(C(C)(C)C)C(C)(C)C)c1-c1c(C(C)C)cc(C(C)C)cc1C(C)C.CS(=O)(=O)[O-].Nc1ccccc1-c1ccccc1.[Pd]. The third kappa shape index (κ3) is 13.8. The van der Waals surface area contributed by atoms with E-state index in [1.165, 1.54) is 38.7 Å². The molecule has 0 spiro atoms. The average molecular weight is 855 g/mol. The van der Waals surface area contributed by atoms with Gasteiger partial charge in [-0.05, 0) is 74.1 Å². The molecule has 0 radical (unpaired) electrons. The molecule has 4 aromatic carbocycles. The molecule has 0 fully saturated rings. The summed E-state index contributed by atoms with van der Waals surface area (Å²) in [5.74, 6) is 3.19. The van der Waals surface area contributed by atoms with Gasteiger partial charge in [0.15, 0.2) is 0 Å². The van der Waals surface area contributed by atoms with E-state index in [0.717, 1.165) is 22.7 Å². The molecule has 0 aromatic heterocycles. The normalized spacial score (nSPS) is 11.8. The van der Waals surface area contributed by atoms with Crippen LogP contribution in [0.2, 0.25) is 0 Å². The Hall–Kier alpha value is -2.72. The Labute approximate surface area is 336 Å². The maximum Gasteiger partial charge on any atom is 0.127 e. The van der Waals surface area contributed by atoms with Crippen molar-refractivity contribution in [1.82, 2.24) is 0 Å². The third-order valence-corrected chi connectivity index (χ3v) is 12.1. The number of anilines is 1. The molecule has 0 bridgehead atoms. The van der Waals surface area contributed by atoms with Crippen molar-refractivity contribution in [2.75, 3.05) is 26.2 Å². The number of hydrogen-bond acceptors (Lipinski definition) is 6. The van der Waals surface area contributed by atoms with Gasteiger partial charge in [0.05, 0.1) is 24.3 Å². The van der Waals surface area contributed by atoms with E-state index in [2.05, 4.69) is 119 Å². The molecule has 2 N–H and O–H groups in total. The number of nitrogen functional groups attached to an aromatic ring is 1. The number of hydrogen-bond donors (Lipinski definition) is 1. The first-order valence-electron chi connectivity index (χ1n) is 18.0. The monoisotopic (exact) mass is 854 g/mol. The van der Waals surface area contributed by atoms with Gasteiger partial charge >= 0.3 is 0 Å². The van der Waals surface area contributed by atoms with Crippen LogP contribution in [0.5, 0.6) is 11.5 Å². The van der Waals surface area contributed by atoms with Crippen LogP contribution in [0.4, 0.5) is 5.69 Å². The van der Waals surface area contributed by atoms with E-state index < -0.39 is 18.0 Å². The fourth-order valence-corrected chi connectivity index (χ4v) is 10.8. The zero-order chi connectivity index (χ0) is 39.8. The van der Waals surface area contributed by atoms with E-state index in [1.54, 1.807) is 7.11 Å². The molecule has 0 saturated heterocycles. The van der Waals surface area contributed by atoms with E-state index in [9.17, 15) is 0 Å². The Morgan fingerprint density at radius 2 is 1.08 bits per heavy atom. The Bertz CT molecular complexity index is 1810. The van der Waals surface area contributed by atoms with Crippen LogP contribution < -0.4 is 20.5 Å². The van der Waals surface area contributed by atoms with Crippen molar-refractivity contribution < 1.29 is 42.9 Å². The molecular weight excluding hydrogens is 792 g/mol. The predicted octanol–water partition coefficient (Wildman–Crippen LogP) is 11.5. The summed E-state index contributed by atoms with van der Waals surface area (Å²) in [6.45, 7) is 28.1. The van der Waals surface area contributed by atoms with E-state index in [4.69, 9.17) is 28.2 Å². The molecule has 0 saturated carbocycles. The summed E-state index contributed by atoms with van der Waals surface area (Å²) >= 11 is 0. The minimum atomic E-state index is -3.92. The second kappa shape index (κ2) is 20.3. The third-order valence-electron chi connectivity index (χ3n) is 8.54. The van der Waals surface area contributed by atoms with Gasteiger partial charge in [0.2, 0.25) is 0 Å². The molecule has 0 atom stereocenters. The van der Waals surface area contributed by atoms with Crippen molar-refractivity contribution in [1.29, 1.82) is 0 Å². The summed E-state index contributed by atoms with van der Waals surface area (Å²) < 4.78 is 39.4. The van der Waals surface area contributed by atoms with Crippen molar-refractivity contribution in [3.63, 3.8) is 0 Å². The summed E-state index contributed by atoms with van der Waals surface area (Å²) in [5, 5.41) is 1.52. The van der Waals surface area contributed by atoms with Gasteiger partial charge in [0.25, 0.3) is 0 Å². The molecule has 296 valence electrons. The van der Waals surface area contributed by atoms with E-state index in [1.807, 2.05) is 49.6 Å². The van der Waals surface area contributed by atoms with Crippen LogP contribution in [0.3, 0.4) is 0 Å². The van der Waals surface area contributed by atoms with Gasteiger partial charge in [-0.25, -0.2) is 8.42 Å². The fourth-order valence-electron chi connectivity index (χ4n) is 6.65. The Balaban J connectivity index is 0.000000603. The van der Waals surface area contributed by atoms with Crippen molar-refractivity contribution in [3.05, 3.63) is 95.6 Å². The largest absolute Gasteiger partial charge is 0.748 e. The maximum absolute atomic E-state index is 9.08. The summed E-state index contributed by atoms with van der Waals surface area (Å²) in [4.78, 5) is 0. The number of methoxy groups -OCH3 is 2. The molecule has 0 amide bonds. The van der Waals surface area contributed by atoms with E-state index in [0.29, 0.717) is 24.0 Å². The number of ether oxygens (including phenoxy) is 2. The van der Waals surface area contributed by atoms with Gasteiger partial charge < -0.3 is 19.8 Å². The predicted molar refractivity (Wildman–Crippen MR) is 225 cm³/mol. The smallest absolute Gasteiger partial charge is 0.127 e. The minimum Gasteiger partial charge on any atom is -0.748 e. The summed E-state index contributed by atoms with van der Waals surface area (Å²) in [6.07, 6.45) is 0.604. The quantitative estimate of drug-likeness (QED) is 0.0820. The summed E-state index contributed by atoms with van der Waals surface area (Å²) in [5.41, 5.74) is 15.7. The van der Waals surface area contributed by atoms with E-state index in [-0.39, 0.29) is 30.7 Å². The van der Waals surface area contributed by atoms with E-state index >= 15 is 0 Å². The summed E-state index contributed by atoms with van der Waals surface area (Å²) in [6, 6.07) is 27.1. The topological polar surface area (TPSA) is 102 Å². The molecule has 0 heterocycles. The molecule has 6 nitrogen and oxygen atoms in total. The van der Waals surface area contributed by atoms with Crippen LogP contribution in [0.25, 0.3) is 22.3 Å². The molecule has 0 aliphatic carbocycles. The standard InChI is InChI=1S/C31H49O2P.C12H11N.CH4O3S.Pd/c1-19(2)22-17-23(20(3)4)27(24(18-22)21(5)6)28-25(32-13)15-16-26(33-14)29(28)34(30(7,8)9)31(10,11)12;13-12-9-5-4-8-11(12)10-6-2-1-3-7-10;1-5(2,3)4;/h15-21H,1-14H3;1-9H,13H2;1H3,(H,2,3,4);/p-1. The van der Waals surface area contributed by atoms with Crippen LogP contribution in [0, 0.1) is 0 Å². The molecule has 4 aromatic rings. The Morgan fingerprint density at radius 1 is 0.660 bits per heavy atom. The number of rotatable bonds is 8. The first-order valence-corrected chi connectivity index (χ1v) is 21.1. The molecule has 4 rings (SSSR count). The number of benzene rings is 4. The van der Waals surface area contributed by atoms with Gasteiger partial charge in [0, 0.05) is 48.8 Å². The molecule has 0 unspecified atom stereocenters. The first kappa shape index (κ1) is 48.3. The Morgan fingerprint density at radius 3 is 1.45 bits per heavy atom. The molecule has 0 aliphatic heterocycles. The van der Waals surface area contributed by atoms with Crippen LogP contribution in [-0.4, -0.2) is 43.8 Å². The molecule has 53 heavy (non-hydrogen) atoms. The molecule has 9 heteroatoms. The molecular formula is C44H63NO5PPdS-. The van der Waals surface area contributed by atoms with Gasteiger partial charge in [-0.3, -0.25) is 0 Å². The number of para-hydroxylation sites is 1. The second-order valence-electron chi connectivity index (χ2n) is 16.1. The maximum atomic E-state index is 9.08. The minimum absolute atomic E-state index is 0. The average Bonchev–Trinajstić information content (AvgIpc) is 3.02. The summed E-state index contributed by atoms with van der Waals surface area (Å²) in [7, 11) is -0.924. The molecule has 0 aliphatic rings. The zero-order valence-corrected chi connectivity index (χ0v) is 37.8. The van der Waals surface area contributed by atoms with Crippen molar-refractivity contribution in [3.8, 4) is 33.8 Å². The van der Waals surface area contributed by atoms with Gasteiger partial charge in [-0.1, -0.05) is 152 Å². The van der Waals surface area contributed by atoms with Crippen LogP contribution in [-0.2, 0) is 30.5 Å². The first-order chi connectivity index (χ1) is 23.9. The zero-order valence-electron chi connectivity index (χ0n) is 34.5. The van der Waals surface area contributed by atoms with Crippen LogP contribution in [0.15, 0.2) is 78.9 Å². The van der Waals surface area contributed by atoms with Gasteiger partial charge in [-0.15, -0.1) is 0 Å².